The molecule has 0 saturated carbocycles. The Kier molecular flexibility index (Phi) is 5.33. The lowest BCUT2D eigenvalue weighted by molar-refractivity contribution is 0.137. The molecule has 1 fully saturated rings. The summed E-state index contributed by atoms with van der Waals surface area (Å²) < 4.78 is 11.0. The molecule has 0 spiro atoms. The fraction of sp³-hybridized carbons (Fsp3) is 0.421. The van der Waals surface area contributed by atoms with Crippen molar-refractivity contribution in [2.45, 2.75) is 13.0 Å². The minimum absolute atomic E-state index is 0.801. The van der Waals surface area contributed by atoms with Crippen molar-refractivity contribution < 1.29 is 9.26 Å². The molecule has 0 radical (unpaired) electrons. The number of aromatic nitrogens is 1. The van der Waals surface area contributed by atoms with E-state index in [0.717, 1.165) is 61.9 Å². The van der Waals surface area contributed by atoms with Crippen LogP contribution >= 0.6 is 0 Å². The van der Waals surface area contributed by atoms with Gasteiger partial charge in [-0.15, -0.1) is 6.58 Å². The van der Waals surface area contributed by atoms with Crippen molar-refractivity contribution in [1.29, 1.82) is 0 Å². The van der Waals surface area contributed by atoms with Crippen LogP contribution < -0.4 is 4.74 Å². The molecule has 0 atom stereocenters. The summed E-state index contributed by atoms with van der Waals surface area (Å²) in [6.45, 7) is 8.91. The van der Waals surface area contributed by atoms with Crippen LogP contribution in [-0.2, 0) is 13.0 Å². The van der Waals surface area contributed by atoms with Crippen molar-refractivity contribution in [2.75, 3.05) is 40.3 Å². The zero-order chi connectivity index (χ0) is 16.9. The Bertz CT molecular complexity index is 688. The Balaban J connectivity index is 1.77. The van der Waals surface area contributed by atoms with E-state index in [-0.39, 0.29) is 0 Å². The Hall–Kier alpha value is -2.11. The van der Waals surface area contributed by atoms with Crippen molar-refractivity contribution in [3.8, 4) is 17.0 Å². The molecular weight excluding hydrogens is 302 g/mol. The van der Waals surface area contributed by atoms with Gasteiger partial charge in [0.15, 0.2) is 5.76 Å². The van der Waals surface area contributed by atoms with Gasteiger partial charge in [-0.1, -0.05) is 17.3 Å². The Morgan fingerprint density at radius 3 is 2.75 bits per heavy atom. The van der Waals surface area contributed by atoms with Crippen molar-refractivity contribution in [2.24, 2.45) is 0 Å². The van der Waals surface area contributed by atoms with Gasteiger partial charge in [-0.05, 0) is 31.2 Å². The zero-order valence-corrected chi connectivity index (χ0v) is 14.5. The van der Waals surface area contributed by atoms with E-state index >= 15 is 0 Å². The van der Waals surface area contributed by atoms with Crippen LogP contribution in [0.2, 0.25) is 0 Å². The number of likely N-dealkylation sites (N-methyl/N-ethyl adjacent to an activating group) is 1. The highest BCUT2D eigenvalue weighted by Crippen LogP contribution is 2.31. The molecule has 0 N–H and O–H groups in total. The minimum atomic E-state index is 0.801. The maximum absolute atomic E-state index is 5.57. The van der Waals surface area contributed by atoms with E-state index in [1.165, 1.54) is 5.56 Å². The molecule has 0 unspecified atom stereocenters. The summed E-state index contributed by atoms with van der Waals surface area (Å²) in [6.07, 6.45) is 2.72. The van der Waals surface area contributed by atoms with Gasteiger partial charge in [0.2, 0.25) is 0 Å². The van der Waals surface area contributed by atoms with Gasteiger partial charge < -0.3 is 14.2 Å². The largest absolute Gasteiger partial charge is 0.496 e. The van der Waals surface area contributed by atoms with Gasteiger partial charge in [0, 0.05) is 37.8 Å². The van der Waals surface area contributed by atoms with Crippen molar-refractivity contribution in [1.82, 2.24) is 15.0 Å². The first-order valence-corrected chi connectivity index (χ1v) is 8.34. The first-order valence-electron chi connectivity index (χ1n) is 8.34. The van der Waals surface area contributed by atoms with E-state index in [1.807, 2.05) is 18.2 Å². The number of piperazine rings is 1. The fourth-order valence-corrected chi connectivity index (χ4v) is 2.99. The second kappa shape index (κ2) is 7.64. The maximum Gasteiger partial charge on any atom is 0.151 e. The van der Waals surface area contributed by atoms with Crippen LogP contribution in [0, 0.1) is 0 Å². The number of methoxy groups -OCH3 is 1. The van der Waals surface area contributed by atoms with Crippen LogP contribution in [0.25, 0.3) is 11.3 Å². The van der Waals surface area contributed by atoms with E-state index in [2.05, 4.69) is 40.7 Å². The topological polar surface area (TPSA) is 41.7 Å². The first kappa shape index (κ1) is 16.7. The van der Waals surface area contributed by atoms with E-state index in [1.54, 1.807) is 7.11 Å². The smallest absolute Gasteiger partial charge is 0.151 e. The summed E-state index contributed by atoms with van der Waals surface area (Å²) in [5.74, 6) is 1.70. The molecule has 1 aliphatic heterocycles. The number of allylic oxidation sites excluding steroid dienone is 1. The van der Waals surface area contributed by atoms with Crippen molar-refractivity contribution in [3.05, 3.63) is 48.2 Å². The monoisotopic (exact) mass is 327 g/mol. The molecule has 5 nitrogen and oxygen atoms in total. The lowest BCUT2D eigenvalue weighted by Crippen LogP contribution is -2.43. The molecule has 3 rings (SSSR count). The van der Waals surface area contributed by atoms with Crippen LogP contribution in [0.15, 0.2) is 41.4 Å². The quantitative estimate of drug-likeness (QED) is 0.763. The number of nitrogens with zero attached hydrogens (tertiary/aromatic N) is 3. The van der Waals surface area contributed by atoms with Crippen molar-refractivity contribution in [3.63, 3.8) is 0 Å². The fourth-order valence-electron chi connectivity index (χ4n) is 2.99. The summed E-state index contributed by atoms with van der Waals surface area (Å²) in [5, 5.41) is 4.26. The first-order chi connectivity index (χ1) is 11.7. The van der Waals surface area contributed by atoms with E-state index < -0.39 is 0 Å². The molecule has 1 aromatic carbocycles. The lowest BCUT2D eigenvalue weighted by Gasteiger charge is -2.31. The Morgan fingerprint density at radius 1 is 1.25 bits per heavy atom. The van der Waals surface area contributed by atoms with Crippen LogP contribution in [0.4, 0.5) is 0 Å². The maximum atomic E-state index is 5.57. The van der Waals surface area contributed by atoms with E-state index in [0.29, 0.717) is 0 Å². The molecule has 24 heavy (non-hydrogen) atoms. The highest BCUT2D eigenvalue weighted by Gasteiger charge is 2.17. The predicted molar refractivity (Wildman–Crippen MR) is 95.2 cm³/mol. The van der Waals surface area contributed by atoms with E-state index in [9.17, 15) is 0 Å². The standard InChI is InChI=1S/C19H25N3O2/c1-4-5-15-6-7-19(23-3)17(12-15)18-13-16(24-20-18)14-22-10-8-21(2)9-11-22/h4,6-7,12-13H,1,5,8-11,14H2,2-3H3. The number of rotatable bonds is 6. The predicted octanol–water partition coefficient (Wildman–Crippen LogP) is 2.83. The number of ether oxygens (including phenoxy) is 1. The molecule has 1 aliphatic rings. The molecule has 2 heterocycles. The summed E-state index contributed by atoms with van der Waals surface area (Å²) in [7, 11) is 3.84. The van der Waals surface area contributed by atoms with Gasteiger partial charge in [-0.3, -0.25) is 4.90 Å². The summed E-state index contributed by atoms with van der Waals surface area (Å²) in [6, 6.07) is 8.14. The molecule has 0 bridgehead atoms. The van der Waals surface area contributed by atoms with Crippen LogP contribution in [-0.4, -0.2) is 55.3 Å². The van der Waals surface area contributed by atoms with E-state index in [4.69, 9.17) is 9.26 Å². The van der Waals surface area contributed by atoms with Gasteiger partial charge in [0.1, 0.15) is 11.4 Å². The third-order valence-corrected chi connectivity index (χ3v) is 4.45. The minimum Gasteiger partial charge on any atom is -0.496 e. The zero-order valence-electron chi connectivity index (χ0n) is 14.5. The third kappa shape index (κ3) is 3.86. The second-order valence-electron chi connectivity index (χ2n) is 6.29. The molecule has 2 aromatic rings. The number of benzene rings is 1. The molecule has 5 heteroatoms. The Labute approximate surface area is 143 Å². The summed E-state index contributed by atoms with van der Waals surface area (Å²) in [4.78, 5) is 4.74. The lowest BCUT2D eigenvalue weighted by atomic mass is 10.0. The van der Waals surface area contributed by atoms with Crippen LogP contribution in [0.1, 0.15) is 11.3 Å². The molecule has 128 valence electrons. The normalized spacial score (nSPS) is 16.2. The average Bonchev–Trinajstić information content (AvgIpc) is 3.05. The molecular formula is C19H25N3O2. The van der Waals surface area contributed by atoms with Gasteiger partial charge in [-0.25, -0.2) is 0 Å². The molecule has 0 aliphatic carbocycles. The highest BCUT2D eigenvalue weighted by atomic mass is 16.5. The highest BCUT2D eigenvalue weighted by molar-refractivity contribution is 5.68. The van der Waals surface area contributed by atoms with Gasteiger partial charge in [0.25, 0.3) is 0 Å². The van der Waals surface area contributed by atoms with Gasteiger partial charge >= 0.3 is 0 Å². The summed E-state index contributed by atoms with van der Waals surface area (Å²) >= 11 is 0. The van der Waals surface area contributed by atoms with Crippen molar-refractivity contribution >= 4 is 0 Å². The second-order valence-corrected chi connectivity index (χ2v) is 6.29. The van der Waals surface area contributed by atoms with Gasteiger partial charge in [-0.2, -0.15) is 0 Å². The Morgan fingerprint density at radius 2 is 2.04 bits per heavy atom. The van der Waals surface area contributed by atoms with Crippen LogP contribution in [0.5, 0.6) is 5.75 Å². The number of hydrogen-bond donors (Lipinski definition) is 0. The third-order valence-electron chi connectivity index (χ3n) is 4.45. The average molecular weight is 327 g/mol. The SMILES string of the molecule is C=CCc1ccc(OC)c(-c2cc(CN3CCN(C)CC3)on2)c1. The summed E-state index contributed by atoms with van der Waals surface area (Å²) in [5.41, 5.74) is 2.97. The number of hydrogen-bond acceptors (Lipinski definition) is 5. The van der Waals surface area contributed by atoms with Gasteiger partial charge in [0.05, 0.1) is 13.7 Å². The van der Waals surface area contributed by atoms with Crippen LogP contribution in [0.3, 0.4) is 0 Å². The molecule has 1 saturated heterocycles. The molecule has 1 aromatic heterocycles. The molecule has 0 amide bonds.